The Labute approximate surface area is 117 Å². The molecule has 2 amide bonds. The van der Waals surface area contributed by atoms with Crippen molar-refractivity contribution < 1.29 is 32.3 Å². The van der Waals surface area contributed by atoms with Gasteiger partial charge in [-0.2, -0.15) is 13.2 Å². The lowest BCUT2D eigenvalue weighted by molar-refractivity contribution is -0.141. The molecule has 1 fully saturated rings. The lowest BCUT2D eigenvalue weighted by atomic mass is 10.4. The van der Waals surface area contributed by atoms with E-state index in [1.807, 2.05) is 0 Å². The van der Waals surface area contributed by atoms with Gasteiger partial charge in [-0.25, -0.2) is 9.59 Å². The highest BCUT2D eigenvalue weighted by Gasteiger charge is 2.40. The molecular formula is C12H13F3N2O4. The van der Waals surface area contributed by atoms with Gasteiger partial charge in [-0.1, -0.05) is 0 Å². The number of carbonyl (C=O) groups is 2. The maximum atomic E-state index is 12.4. The summed E-state index contributed by atoms with van der Waals surface area (Å²) < 4.78 is 42.1. The minimum Gasteiger partial charge on any atom is -0.475 e. The smallest absolute Gasteiger partial charge is 0.406 e. The van der Waals surface area contributed by atoms with Crippen LogP contribution in [0.2, 0.25) is 0 Å². The Morgan fingerprint density at radius 3 is 2.52 bits per heavy atom. The summed E-state index contributed by atoms with van der Waals surface area (Å²) >= 11 is 0. The first-order valence-corrected chi connectivity index (χ1v) is 6.19. The van der Waals surface area contributed by atoms with E-state index in [1.54, 1.807) is 0 Å². The maximum absolute atomic E-state index is 12.4. The van der Waals surface area contributed by atoms with Crippen LogP contribution in [0.15, 0.2) is 16.5 Å². The Morgan fingerprint density at radius 2 is 2.05 bits per heavy atom. The van der Waals surface area contributed by atoms with E-state index in [2.05, 4.69) is 5.32 Å². The average Bonchev–Trinajstić information content (AvgIpc) is 3.09. The summed E-state index contributed by atoms with van der Waals surface area (Å²) in [5, 5.41) is 11.0. The standard InChI is InChI=1S/C12H13F3N2O4/c13-12(14,15)6-17(7-1-2-7)11(20)16-5-8-3-4-9(21-8)10(18)19/h3-4,7H,1-2,5-6H2,(H,16,20)(H,18,19). The summed E-state index contributed by atoms with van der Waals surface area (Å²) in [5.74, 6) is -1.40. The van der Waals surface area contributed by atoms with Crippen LogP contribution in [0, 0.1) is 0 Å². The van der Waals surface area contributed by atoms with Crippen LogP contribution in [0.3, 0.4) is 0 Å². The van der Waals surface area contributed by atoms with Gasteiger partial charge in [0.15, 0.2) is 0 Å². The van der Waals surface area contributed by atoms with Crippen LogP contribution in [0.1, 0.15) is 29.2 Å². The van der Waals surface area contributed by atoms with Gasteiger partial charge >= 0.3 is 18.2 Å². The Morgan fingerprint density at radius 1 is 1.38 bits per heavy atom. The zero-order valence-corrected chi connectivity index (χ0v) is 10.8. The highest BCUT2D eigenvalue weighted by atomic mass is 19.4. The lowest BCUT2D eigenvalue weighted by Gasteiger charge is -2.23. The summed E-state index contributed by atoms with van der Waals surface area (Å²) in [6.45, 7) is -1.48. The zero-order valence-electron chi connectivity index (χ0n) is 10.8. The van der Waals surface area contributed by atoms with Gasteiger partial charge < -0.3 is 19.7 Å². The fraction of sp³-hybridized carbons (Fsp3) is 0.500. The number of carboxylic acid groups (broad SMARTS) is 1. The first-order valence-electron chi connectivity index (χ1n) is 6.19. The normalized spacial score (nSPS) is 14.8. The second-order valence-electron chi connectivity index (χ2n) is 4.70. The van der Waals surface area contributed by atoms with Crippen LogP contribution in [-0.4, -0.2) is 40.8 Å². The van der Waals surface area contributed by atoms with Crippen LogP contribution >= 0.6 is 0 Å². The van der Waals surface area contributed by atoms with Crippen molar-refractivity contribution in [1.82, 2.24) is 10.2 Å². The molecule has 0 saturated heterocycles. The van der Waals surface area contributed by atoms with Crippen molar-refractivity contribution >= 4 is 12.0 Å². The van der Waals surface area contributed by atoms with Gasteiger partial charge in [-0.15, -0.1) is 0 Å². The highest BCUT2D eigenvalue weighted by Crippen LogP contribution is 2.30. The van der Waals surface area contributed by atoms with E-state index in [0.29, 0.717) is 12.8 Å². The minimum atomic E-state index is -4.46. The number of urea groups is 1. The van der Waals surface area contributed by atoms with Crippen LogP contribution in [-0.2, 0) is 6.54 Å². The number of carbonyl (C=O) groups excluding carboxylic acids is 1. The minimum absolute atomic E-state index is 0.156. The number of aromatic carboxylic acids is 1. The molecule has 21 heavy (non-hydrogen) atoms. The molecule has 0 spiro atoms. The summed E-state index contributed by atoms with van der Waals surface area (Å²) in [5.41, 5.74) is 0. The molecule has 2 rings (SSSR count). The molecule has 2 N–H and O–H groups in total. The van der Waals surface area contributed by atoms with E-state index < -0.39 is 30.8 Å². The largest absolute Gasteiger partial charge is 0.475 e. The van der Waals surface area contributed by atoms with Crippen LogP contribution in [0.25, 0.3) is 0 Å². The quantitative estimate of drug-likeness (QED) is 0.873. The number of hydrogen-bond acceptors (Lipinski definition) is 3. The molecule has 0 radical (unpaired) electrons. The van der Waals surface area contributed by atoms with Crippen molar-refractivity contribution in [2.45, 2.75) is 31.6 Å². The molecule has 0 aromatic carbocycles. The molecule has 6 nitrogen and oxygen atoms in total. The van der Waals surface area contributed by atoms with Crippen molar-refractivity contribution in [3.63, 3.8) is 0 Å². The summed E-state index contributed by atoms with van der Waals surface area (Å²) in [6, 6.07) is 1.31. The number of nitrogens with one attached hydrogen (secondary N) is 1. The number of alkyl halides is 3. The monoisotopic (exact) mass is 306 g/mol. The predicted octanol–water partition coefficient (Wildman–Crippen LogP) is 2.21. The second-order valence-corrected chi connectivity index (χ2v) is 4.70. The van der Waals surface area contributed by atoms with Gasteiger partial charge in [0.1, 0.15) is 12.3 Å². The lowest BCUT2D eigenvalue weighted by Crippen LogP contribution is -2.45. The third-order valence-corrected chi connectivity index (χ3v) is 2.88. The molecule has 1 aromatic rings. The predicted molar refractivity (Wildman–Crippen MR) is 63.7 cm³/mol. The Kier molecular flexibility index (Phi) is 4.10. The van der Waals surface area contributed by atoms with E-state index in [1.165, 1.54) is 12.1 Å². The van der Waals surface area contributed by atoms with Crippen molar-refractivity contribution in [2.24, 2.45) is 0 Å². The highest BCUT2D eigenvalue weighted by molar-refractivity contribution is 5.84. The van der Waals surface area contributed by atoms with E-state index in [0.717, 1.165) is 4.90 Å². The number of halogens is 3. The third-order valence-electron chi connectivity index (χ3n) is 2.88. The van der Waals surface area contributed by atoms with E-state index >= 15 is 0 Å². The molecule has 1 saturated carbocycles. The van der Waals surface area contributed by atoms with Crippen molar-refractivity contribution in [3.8, 4) is 0 Å². The molecule has 0 aliphatic heterocycles. The number of carboxylic acids is 1. The molecule has 9 heteroatoms. The van der Waals surface area contributed by atoms with Gasteiger partial charge in [0.2, 0.25) is 5.76 Å². The number of rotatable bonds is 5. The van der Waals surface area contributed by atoms with Gasteiger partial charge in [0.05, 0.1) is 6.54 Å². The van der Waals surface area contributed by atoms with E-state index in [-0.39, 0.29) is 18.1 Å². The summed E-state index contributed by atoms with van der Waals surface area (Å²) in [7, 11) is 0. The topological polar surface area (TPSA) is 82.8 Å². The first kappa shape index (κ1) is 15.2. The summed E-state index contributed by atoms with van der Waals surface area (Å²) in [6.07, 6.45) is -3.36. The van der Waals surface area contributed by atoms with Crippen LogP contribution in [0.5, 0.6) is 0 Å². The molecule has 1 aliphatic carbocycles. The SMILES string of the molecule is O=C(O)c1ccc(CNC(=O)N(CC(F)(F)F)C2CC2)o1. The van der Waals surface area contributed by atoms with Gasteiger partial charge in [0, 0.05) is 6.04 Å². The molecule has 1 heterocycles. The average molecular weight is 306 g/mol. The first-order chi connectivity index (χ1) is 9.76. The van der Waals surface area contributed by atoms with Crippen LogP contribution < -0.4 is 5.32 Å². The second kappa shape index (κ2) is 5.66. The van der Waals surface area contributed by atoms with Gasteiger partial charge in [-0.05, 0) is 25.0 Å². The molecule has 0 atom stereocenters. The Balaban J connectivity index is 1.91. The fourth-order valence-corrected chi connectivity index (χ4v) is 1.80. The number of hydrogen-bond donors (Lipinski definition) is 2. The fourth-order valence-electron chi connectivity index (χ4n) is 1.80. The molecule has 1 aliphatic rings. The molecule has 0 bridgehead atoms. The van der Waals surface area contributed by atoms with Gasteiger partial charge in [0.25, 0.3) is 0 Å². The third kappa shape index (κ3) is 4.40. The van der Waals surface area contributed by atoms with Crippen molar-refractivity contribution in [3.05, 3.63) is 23.7 Å². The van der Waals surface area contributed by atoms with Crippen molar-refractivity contribution in [1.29, 1.82) is 0 Å². The van der Waals surface area contributed by atoms with E-state index in [4.69, 9.17) is 9.52 Å². The Bertz CT molecular complexity index is 537. The number of amides is 2. The van der Waals surface area contributed by atoms with E-state index in [9.17, 15) is 22.8 Å². The molecule has 0 unspecified atom stereocenters. The number of furan rings is 1. The molecular weight excluding hydrogens is 293 g/mol. The Hall–Kier alpha value is -2.19. The maximum Gasteiger partial charge on any atom is 0.406 e. The summed E-state index contributed by atoms with van der Waals surface area (Å²) in [4.78, 5) is 23.1. The zero-order chi connectivity index (χ0) is 15.6. The molecule has 1 aromatic heterocycles. The van der Waals surface area contributed by atoms with Crippen molar-refractivity contribution in [2.75, 3.05) is 6.54 Å². The van der Waals surface area contributed by atoms with Crippen LogP contribution in [0.4, 0.5) is 18.0 Å². The molecule has 116 valence electrons. The van der Waals surface area contributed by atoms with Gasteiger partial charge in [-0.3, -0.25) is 0 Å². The number of nitrogens with zero attached hydrogens (tertiary/aromatic N) is 1.